The molecule has 0 aliphatic carbocycles. The van der Waals surface area contributed by atoms with Crippen molar-refractivity contribution in [1.29, 1.82) is 0 Å². The van der Waals surface area contributed by atoms with Gasteiger partial charge in [0, 0.05) is 55.4 Å². The molecule has 1 aliphatic heterocycles. The molecule has 1 aromatic carbocycles. The predicted octanol–water partition coefficient (Wildman–Crippen LogP) is 3.31. The summed E-state index contributed by atoms with van der Waals surface area (Å²) in [6, 6.07) is 13.5. The zero-order chi connectivity index (χ0) is 20.6. The molecule has 0 bridgehead atoms. The van der Waals surface area contributed by atoms with E-state index < -0.39 is 0 Å². The Bertz CT molecular complexity index is 778. The van der Waals surface area contributed by atoms with Gasteiger partial charge in [-0.15, -0.1) is 11.3 Å². The number of aryl methyl sites for hydroxylation is 1. The molecule has 158 valence electrons. The topological polar surface area (TPSA) is 59.9 Å². The molecule has 1 aliphatic rings. The summed E-state index contributed by atoms with van der Waals surface area (Å²) in [5.74, 6) is 0.835. The number of nitrogens with zero attached hydrogens (tertiary/aromatic N) is 2. The van der Waals surface area contributed by atoms with Crippen molar-refractivity contribution in [2.24, 2.45) is 4.99 Å². The maximum absolute atomic E-state index is 9.64. The molecule has 0 spiro atoms. The third-order valence-corrected chi connectivity index (χ3v) is 6.38. The normalized spacial score (nSPS) is 17.3. The molecular formula is C23H34N4OS. The van der Waals surface area contributed by atoms with Crippen LogP contribution in [-0.4, -0.2) is 48.2 Å². The molecule has 1 atom stereocenters. The van der Waals surface area contributed by atoms with Gasteiger partial charge >= 0.3 is 0 Å². The van der Waals surface area contributed by atoms with E-state index in [1.54, 1.807) is 0 Å². The van der Waals surface area contributed by atoms with E-state index >= 15 is 0 Å². The molecular weight excluding hydrogens is 380 g/mol. The maximum atomic E-state index is 9.64. The minimum atomic E-state index is -0.111. The molecule has 1 aromatic heterocycles. The molecule has 1 fully saturated rings. The van der Waals surface area contributed by atoms with Crippen molar-refractivity contribution < 1.29 is 5.11 Å². The van der Waals surface area contributed by atoms with Crippen LogP contribution in [0.1, 0.15) is 40.6 Å². The first-order chi connectivity index (χ1) is 14.0. The van der Waals surface area contributed by atoms with E-state index in [1.807, 2.05) is 18.4 Å². The van der Waals surface area contributed by atoms with Crippen LogP contribution >= 0.6 is 11.3 Å². The van der Waals surface area contributed by atoms with Crippen molar-refractivity contribution >= 4 is 17.3 Å². The number of aliphatic hydroxyl groups excluding tert-OH is 1. The minimum Gasteiger partial charge on any atom is -0.393 e. The molecule has 6 heteroatoms. The number of benzene rings is 1. The van der Waals surface area contributed by atoms with Crippen LogP contribution in [0.2, 0.25) is 0 Å². The quantitative estimate of drug-likeness (QED) is 0.481. The Labute approximate surface area is 178 Å². The van der Waals surface area contributed by atoms with Crippen LogP contribution in [0.15, 0.2) is 41.4 Å². The number of aliphatic imine (C=N–C) groups is 1. The third kappa shape index (κ3) is 7.14. The lowest BCUT2D eigenvalue weighted by molar-refractivity contribution is 0.0792. The van der Waals surface area contributed by atoms with Gasteiger partial charge in [-0.3, -0.25) is 9.89 Å². The molecule has 1 unspecified atom stereocenters. The first kappa shape index (κ1) is 21.8. The number of rotatable bonds is 7. The molecule has 2 aromatic rings. The monoisotopic (exact) mass is 414 g/mol. The van der Waals surface area contributed by atoms with E-state index in [9.17, 15) is 5.11 Å². The average molecular weight is 415 g/mol. The lowest BCUT2D eigenvalue weighted by Crippen LogP contribution is -2.42. The van der Waals surface area contributed by atoms with E-state index in [0.29, 0.717) is 6.04 Å². The summed E-state index contributed by atoms with van der Waals surface area (Å²) in [5.41, 5.74) is 2.57. The van der Waals surface area contributed by atoms with Gasteiger partial charge in [-0.1, -0.05) is 24.3 Å². The fourth-order valence-electron chi connectivity index (χ4n) is 3.66. The van der Waals surface area contributed by atoms with Gasteiger partial charge in [0.25, 0.3) is 0 Å². The largest absolute Gasteiger partial charge is 0.393 e. The van der Waals surface area contributed by atoms with Gasteiger partial charge < -0.3 is 15.7 Å². The number of piperidine rings is 1. The highest BCUT2D eigenvalue weighted by Gasteiger charge is 2.16. The smallest absolute Gasteiger partial charge is 0.191 e. The Morgan fingerprint density at radius 1 is 1.17 bits per heavy atom. The molecule has 0 amide bonds. The minimum absolute atomic E-state index is 0.111. The summed E-state index contributed by atoms with van der Waals surface area (Å²) >= 11 is 1.86. The van der Waals surface area contributed by atoms with Crippen LogP contribution in [0.25, 0.3) is 0 Å². The molecule has 1 saturated heterocycles. The Balaban J connectivity index is 1.43. The van der Waals surface area contributed by atoms with Crippen LogP contribution < -0.4 is 10.6 Å². The van der Waals surface area contributed by atoms with Crippen molar-refractivity contribution in [2.45, 2.75) is 58.3 Å². The maximum Gasteiger partial charge on any atom is 0.191 e. The van der Waals surface area contributed by atoms with Crippen LogP contribution in [0.5, 0.6) is 0 Å². The lowest BCUT2D eigenvalue weighted by Gasteiger charge is -2.29. The summed E-state index contributed by atoms with van der Waals surface area (Å²) in [6.07, 6.45) is 2.67. The third-order valence-electron chi connectivity index (χ3n) is 5.36. The molecule has 3 rings (SSSR count). The van der Waals surface area contributed by atoms with E-state index in [-0.39, 0.29) is 6.10 Å². The highest BCUT2D eigenvalue weighted by atomic mass is 32.1. The Kier molecular flexibility index (Phi) is 8.09. The number of guanidine groups is 1. The van der Waals surface area contributed by atoms with Gasteiger partial charge in [0.2, 0.25) is 0 Å². The second-order valence-corrected chi connectivity index (χ2v) is 9.38. The van der Waals surface area contributed by atoms with Crippen LogP contribution in [-0.2, 0) is 19.5 Å². The fraction of sp³-hybridized carbons (Fsp3) is 0.522. The summed E-state index contributed by atoms with van der Waals surface area (Å²) in [4.78, 5) is 9.54. The second kappa shape index (κ2) is 10.8. The number of hydrogen-bond donors (Lipinski definition) is 3. The highest BCUT2D eigenvalue weighted by Crippen LogP contribution is 2.17. The Hall–Kier alpha value is -1.89. The standard InChI is InChI=1S/C23H34N4OS/c1-17(14-22-9-4-18(2)29-22)26-23(24-3)25-15-19-5-7-20(8-6-19)16-27-12-10-21(28)11-13-27/h4-9,17,21,28H,10-16H2,1-3H3,(H2,24,25,26). The van der Waals surface area contributed by atoms with Crippen molar-refractivity contribution in [3.05, 3.63) is 57.3 Å². The van der Waals surface area contributed by atoms with Crippen LogP contribution in [0, 0.1) is 6.92 Å². The Morgan fingerprint density at radius 3 is 2.48 bits per heavy atom. The first-order valence-corrected chi connectivity index (χ1v) is 11.3. The molecule has 2 heterocycles. The van der Waals surface area contributed by atoms with Gasteiger partial charge in [-0.25, -0.2) is 0 Å². The number of nitrogens with one attached hydrogen (secondary N) is 2. The van der Waals surface area contributed by atoms with Gasteiger partial charge in [-0.05, 0) is 49.9 Å². The Morgan fingerprint density at radius 2 is 1.86 bits per heavy atom. The molecule has 0 saturated carbocycles. The fourth-order valence-corrected chi connectivity index (χ4v) is 4.68. The zero-order valence-electron chi connectivity index (χ0n) is 17.8. The second-order valence-electron chi connectivity index (χ2n) is 8.01. The number of aliphatic hydroxyl groups is 1. The van der Waals surface area contributed by atoms with Crippen LogP contribution in [0.4, 0.5) is 0 Å². The molecule has 0 radical (unpaired) electrons. The highest BCUT2D eigenvalue weighted by molar-refractivity contribution is 7.11. The first-order valence-electron chi connectivity index (χ1n) is 10.5. The zero-order valence-corrected chi connectivity index (χ0v) is 18.6. The number of hydrogen-bond acceptors (Lipinski definition) is 4. The number of thiophene rings is 1. The molecule has 3 N–H and O–H groups in total. The summed E-state index contributed by atoms with van der Waals surface area (Å²) in [5, 5.41) is 16.5. The summed E-state index contributed by atoms with van der Waals surface area (Å²) in [6.45, 7) is 8.01. The average Bonchev–Trinajstić information content (AvgIpc) is 3.12. The lowest BCUT2D eigenvalue weighted by atomic mass is 10.1. The van der Waals surface area contributed by atoms with Crippen molar-refractivity contribution in [1.82, 2.24) is 15.5 Å². The van der Waals surface area contributed by atoms with Gasteiger partial charge in [0.1, 0.15) is 0 Å². The summed E-state index contributed by atoms with van der Waals surface area (Å²) in [7, 11) is 1.82. The van der Waals surface area contributed by atoms with Crippen molar-refractivity contribution in [2.75, 3.05) is 20.1 Å². The molecule has 29 heavy (non-hydrogen) atoms. The van der Waals surface area contributed by atoms with E-state index in [4.69, 9.17) is 0 Å². The SMILES string of the molecule is CN=C(NCc1ccc(CN2CCC(O)CC2)cc1)NC(C)Cc1ccc(C)s1. The van der Waals surface area contributed by atoms with Gasteiger partial charge in [0.15, 0.2) is 5.96 Å². The van der Waals surface area contributed by atoms with E-state index in [1.165, 1.54) is 20.9 Å². The van der Waals surface area contributed by atoms with Crippen molar-refractivity contribution in [3.63, 3.8) is 0 Å². The molecule has 5 nitrogen and oxygen atoms in total. The predicted molar refractivity (Wildman–Crippen MR) is 123 cm³/mol. The van der Waals surface area contributed by atoms with Crippen molar-refractivity contribution in [3.8, 4) is 0 Å². The van der Waals surface area contributed by atoms with E-state index in [0.717, 1.165) is 51.4 Å². The van der Waals surface area contributed by atoms with E-state index in [2.05, 4.69) is 70.8 Å². The van der Waals surface area contributed by atoms with Gasteiger partial charge in [0.05, 0.1) is 6.10 Å². The van der Waals surface area contributed by atoms with Crippen LogP contribution in [0.3, 0.4) is 0 Å². The number of likely N-dealkylation sites (tertiary alicyclic amines) is 1. The van der Waals surface area contributed by atoms with Gasteiger partial charge in [-0.2, -0.15) is 0 Å². The summed E-state index contributed by atoms with van der Waals surface area (Å²) < 4.78 is 0.